The summed E-state index contributed by atoms with van der Waals surface area (Å²) in [6.45, 7) is 3.12. The van der Waals surface area contributed by atoms with Crippen molar-refractivity contribution >= 4 is 22.8 Å². The molecule has 2 aromatic rings. The summed E-state index contributed by atoms with van der Waals surface area (Å²) in [6, 6.07) is 0.314. The molecule has 0 radical (unpaired) electrons. The zero-order valence-corrected chi connectivity index (χ0v) is 17.2. The van der Waals surface area contributed by atoms with Gasteiger partial charge >= 0.3 is 5.69 Å². The highest BCUT2D eigenvalue weighted by atomic mass is 35.5. The van der Waals surface area contributed by atoms with Crippen LogP contribution in [0, 0.1) is 0 Å². The number of rotatable bonds is 4. The lowest BCUT2D eigenvalue weighted by molar-refractivity contribution is 0.0938. The standard InChI is InChI=1S/C19H26ClN5O3/c1-10(12-5-4-8-23(12)2)27-17-15-16(21-18(20)22-17)25(19(26)24(15)3)13-9-11-6-7-14(13)28-11/h10-14H,4-9H2,1-3H3/t10-,11?,12-,13-,14?/m0/s1. The lowest BCUT2D eigenvalue weighted by Crippen LogP contribution is -2.38. The van der Waals surface area contributed by atoms with Crippen molar-refractivity contribution in [1.82, 2.24) is 24.0 Å². The summed E-state index contributed by atoms with van der Waals surface area (Å²) in [7, 11) is 3.85. The number of halogens is 1. The van der Waals surface area contributed by atoms with Gasteiger partial charge in [-0.2, -0.15) is 9.97 Å². The molecular weight excluding hydrogens is 382 g/mol. The molecule has 3 saturated heterocycles. The lowest BCUT2D eigenvalue weighted by atomic mass is 9.95. The third kappa shape index (κ3) is 2.76. The molecule has 0 N–H and O–H groups in total. The van der Waals surface area contributed by atoms with E-state index in [4.69, 9.17) is 21.1 Å². The maximum absolute atomic E-state index is 13.1. The van der Waals surface area contributed by atoms with Crippen LogP contribution in [0.1, 0.15) is 45.1 Å². The van der Waals surface area contributed by atoms with Gasteiger partial charge in [0.15, 0.2) is 11.2 Å². The summed E-state index contributed by atoms with van der Waals surface area (Å²) >= 11 is 6.25. The molecule has 2 bridgehead atoms. The van der Waals surface area contributed by atoms with Crippen LogP contribution in [0.3, 0.4) is 0 Å². The number of aryl methyl sites for hydroxylation is 1. The van der Waals surface area contributed by atoms with Gasteiger partial charge < -0.3 is 9.47 Å². The van der Waals surface area contributed by atoms with Crippen molar-refractivity contribution < 1.29 is 9.47 Å². The summed E-state index contributed by atoms with van der Waals surface area (Å²) in [5.74, 6) is 0.380. The van der Waals surface area contributed by atoms with Crippen molar-refractivity contribution in [3.05, 3.63) is 15.8 Å². The van der Waals surface area contributed by atoms with Gasteiger partial charge in [0.1, 0.15) is 6.10 Å². The van der Waals surface area contributed by atoms with Crippen molar-refractivity contribution in [2.75, 3.05) is 13.6 Å². The van der Waals surface area contributed by atoms with E-state index in [0.29, 0.717) is 23.1 Å². The Morgan fingerprint density at radius 3 is 2.71 bits per heavy atom. The number of aromatic nitrogens is 4. The first kappa shape index (κ1) is 18.4. The van der Waals surface area contributed by atoms with E-state index < -0.39 is 0 Å². The average molecular weight is 408 g/mol. The van der Waals surface area contributed by atoms with Gasteiger partial charge in [0.2, 0.25) is 11.2 Å². The van der Waals surface area contributed by atoms with Crippen molar-refractivity contribution in [2.45, 2.75) is 69.4 Å². The first-order valence-electron chi connectivity index (χ1n) is 10.1. The quantitative estimate of drug-likeness (QED) is 0.723. The fourth-order valence-corrected chi connectivity index (χ4v) is 5.41. The Bertz CT molecular complexity index is 973. The molecule has 5 atom stereocenters. The first-order valence-corrected chi connectivity index (χ1v) is 10.5. The molecule has 0 saturated carbocycles. The van der Waals surface area contributed by atoms with Gasteiger partial charge in [-0.3, -0.25) is 14.0 Å². The summed E-state index contributed by atoms with van der Waals surface area (Å²) in [4.78, 5) is 24.2. The van der Waals surface area contributed by atoms with E-state index >= 15 is 0 Å². The zero-order valence-electron chi connectivity index (χ0n) is 16.5. The second-order valence-electron chi connectivity index (χ2n) is 8.37. The van der Waals surface area contributed by atoms with Gasteiger partial charge in [-0.1, -0.05) is 0 Å². The van der Waals surface area contributed by atoms with E-state index in [-0.39, 0.29) is 35.3 Å². The predicted octanol–water partition coefficient (Wildman–Crippen LogP) is 2.14. The van der Waals surface area contributed by atoms with E-state index in [1.54, 1.807) is 16.2 Å². The third-order valence-electron chi connectivity index (χ3n) is 6.68. The molecule has 0 aliphatic carbocycles. The fraction of sp³-hybridized carbons (Fsp3) is 0.737. The van der Waals surface area contributed by atoms with Crippen LogP contribution in [-0.4, -0.2) is 61.9 Å². The highest BCUT2D eigenvalue weighted by Gasteiger charge is 2.43. The molecule has 28 heavy (non-hydrogen) atoms. The predicted molar refractivity (Wildman–Crippen MR) is 105 cm³/mol. The topological polar surface area (TPSA) is 74.4 Å². The van der Waals surface area contributed by atoms with Crippen molar-refractivity contribution in [2.24, 2.45) is 7.05 Å². The number of fused-ring (bicyclic) bond motifs is 3. The Balaban J connectivity index is 1.57. The van der Waals surface area contributed by atoms with Crippen LogP contribution in [0.4, 0.5) is 0 Å². The molecule has 3 fully saturated rings. The normalized spacial score (nSPS) is 31.1. The number of hydrogen-bond donors (Lipinski definition) is 0. The molecule has 2 aromatic heterocycles. The van der Waals surface area contributed by atoms with Crippen LogP contribution >= 0.6 is 11.6 Å². The average Bonchev–Trinajstić information content (AvgIpc) is 3.40. The van der Waals surface area contributed by atoms with Gasteiger partial charge in [0.05, 0.1) is 18.2 Å². The van der Waals surface area contributed by atoms with Crippen LogP contribution in [0.15, 0.2) is 4.79 Å². The highest BCUT2D eigenvalue weighted by molar-refractivity contribution is 6.28. The Hall–Kier alpha value is -1.64. The van der Waals surface area contributed by atoms with E-state index in [1.807, 2.05) is 6.92 Å². The number of hydrogen-bond acceptors (Lipinski definition) is 6. The maximum Gasteiger partial charge on any atom is 0.330 e. The van der Waals surface area contributed by atoms with E-state index in [2.05, 4.69) is 21.9 Å². The smallest absolute Gasteiger partial charge is 0.330 e. The molecule has 8 nitrogen and oxygen atoms in total. The molecule has 3 aliphatic rings. The summed E-state index contributed by atoms with van der Waals surface area (Å²) in [5, 5.41) is 0.0953. The second-order valence-corrected chi connectivity index (χ2v) is 8.71. The molecular formula is C19H26ClN5O3. The van der Waals surface area contributed by atoms with E-state index in [9.17, 15) is 4.79 Å². The highest BCUT2D eigenvalue weighted by Crippen LogP contribution is 2.42. The van der Waals surface area contributed by atoms with Crippen LogP contribution in [0.25, 0.3) is 11.2 Å². The molecule has 5 rings (SSSR count). The Labute approximate surface area is 168 Å². The minimum Gasteiger partial charge on any atom is -0.471 e. The molecule has 0 amide bonds. The Morgan fingerprint density at radius 2 is 2.07 bits per heavy atom. The molecule has 152 valence electrons. The largest absolute Gasteiger partial charge is 0.471 e. The van der Waals surface area contributed by atoms with Crippen LogP contribution in [0.5, 0.6) is 5.88 Å². The van der Waals surface area contributed by atoms with Crippen molar-refractivity contribution in [3.8, 4) is 5.88 Å². The summed E-state index contributed by atoms with van der Waals surface area (Å²) in [6.07, 6.45) is 5.37. The van der Waals surface area contributed by atoms with E-state index in [1.165, 1.54) is 0 Å². The number of likely N-dealkylation sites (tertiary alicyclic amines) is 1. The van der Waals surface area contributed by atoms with Crippen molar-refractivity contribution in [1.29, 1.82) is 0 Å². The lowest BCUT2D eigenvalue weighted by Gasteiger charge is -2.26. The summed E-state index contributed by atoms with van der Waals surface area (Å²) < 4.78 is 15.6. The van der Waals surface area contributed by atoms with E-state index in [0.717, 1.165) is 38.6 Å². The molecule has 0 aromatic carbocycles. The van der Waals surface area contributed by atoms with Gasteiger partial charge in [0.25, 0.3) is 0 Å². The van der Waals surface area contributed by atoms with Gasteiger partial charge in [-0.05, 0) is 64.2 Å². The molecule has 3 aliphatic heterocycles. The van der Waals surface area contributed by atoms with Gasteiger partial charge in [-0.25, -0.2) is 4.79 Å². The summed E-state index contributed by atoms with van der Waals surface area (Å²) in [5.41, 5.74) is 1.02. The molecule has 5 heterocycles. The molecule has 2 unspecified atom stereocenters. The maximum atomic E-state index is 13.1. The first-order chi connectivity index (χ1) is 13.4. The number of likely N-dealkylation sites (N-methyl/N-ethyl adjacent to an activating group) is 1. The molecule has 9 heteroatoms. The monoisotopic (exact) mass is 407 g/mol. The fourth-order valence-electron chi connectivity index (χ4n) is 5.25. The van der Waals surface area contributed by atoms with Gasteiger partial charge in [0, 0.05) is 13.1 Å². The zero-order chi connectivity index (χ0) is 19.6. The van der Waals surface area contributed by atoms with Gasteiger partial charge in [-0.15, -0.1) is 0 Å². The van der Waals surface area contributed by atoms with Crippen LogP contribution < -0.4 is 10.4 Å². The Morgan fingerprint density at radius 1 is 1.25 bits per heavy atom. The van der Waals surface area contributed by atoms with Crippen molar-refractivity contribution in [3.63, 3.8) is 0 Å². The van der Waals surface area contributed by atoms with Crippen LogP contribution in [-0.2, 0) is 11.8 Å². The molecule has 0 spiro atoms. The minimum absolute atomic E-state index is 0.00726. The van der Waals surface area contributed by atoms with Crippen LogP contribution in [0.2, 0.25) is 5.28 Å². The Kier molecular flexibility index (Phi) is 4.41. The third-order valence-corrected chi connectivity index (χ3v) is 6.85. The minimum atomic E-state index is -0.122. The number of imidazole rings is 1. The number of ether oxygens (including phenoxy) is 2. The number of nitrogens with zero attached hydrogens (tertiary/aromatic N) is 5. The SMILES string of the molecule is C[C@H](Oc1nc(Cl)nc2c1n(C)c(=O)n2[C@H]1CC2CCC1O2)[C@@H]1CCCN1C. The second kappa shape index (κ2) is 6.71.